The number of aromatic nitrogens is 4. The SMILES string of the molecule is Cn1cc([N+](=O)[O-])c(C(=O)Nc2cnn(Cc3ccccc3Cl)c2)n1. The van der Waals surface area contributed by atoms with Crippen LogP contribution in [0.3, 0.4) is 0 Å². The number of nitrogens with zero attached hydrogens (tertiary/aromatic N) is 5. The number of benzene rings is 1. The third-order valence-electron chi connectivity index (χ3n) is 3.40. The molecule has 0 saturated heterocycles. The average Bonchev–Trinajstić information content (AvgIpc) is 3.16. The summed E-state index contributed by atoms with van der Waals surface area (Å²) in [5.41, 5.74) is 0.664. The van der Waals surface area contributed by atoms with Gasteiger partial charge in [0.1, 0.15) is 6.20 Å². The van der Waals surface area contributed by atoms with Gasteiger partial charge in [0.05, 0.1) is 23.4 Å². The van der Waals surface area contributed by atoms with Crippen molar-refractivity contribution in [3.63, 3.8) is 0 Å². The van der Waals surface area contributed by atoms with Crippen LogP contribution in [0.2, 0.25) is 5.02 Å². The van der Waals surface area contributed by atoms with Gasteiger partial charge in [-0.3, -0.25) is 24.3 Å². The summed E-state index contributed by atoms with van der Waals surface area (Å²) < 4.78 is 2.82. The van der Waals surface area contributed by atoms with Crippen molar-refractivity contribution in [3.8, 4) is 0 Å². The molecular formula is C15H13ClN6O3. The lowest BCUT2D eigenvalue weighted by Gasteiger charge is -2.03. The molecule has 2 aromatic heterocycles. The van der Waals surface area contributed by atoms with Crippen LogP contribution >= 0.6 is 11.6 Å². The molecule has 1 aromatic carbocycles. The van der Waals surface area contributed by atoms with Crippen LogP contribution in [-0.4, -0.2) is 30.4 Å². The minimum absolute atomic E-state index is 0.258. The summed E-state index contributed by atoms with van der Waals surface area (Å²) in [5, 5.41) is 22.1. The summed E-state index contributed by atoms with van der Waals surface area (Å²) in [5.74, 6) is -0.676. The van der Waals surface area contributed by atoms with Crippen LogP contribution < -0.4 is 5.32 Å². The summed E-state index contributed by atoms with van der Waals surface area (Å²) in [6, 6.07) is 7.36. The Morgan fingerprint density at radius 2 is 2.12 bits per heavy atom. The summed E-state index contributed by atoms with van der Waals surface area (Å²) >= 11 is 6.11. The zero-order chi connectivity index (χ0) is 18.0. The van der Waals surface area contributed by atoms with E-state index in [2.05, 4.69) is 15.5 Å². The topological polar surface area (TPSA) is 108 Å². The van der Waals surface area contributed by atoms with E-state index in [0.717, 1.165) is 5.56 Å². The molecule has 9 nitrogen and oxygen atoms in total. The Kier molecular flexibility index (Phi) is 4.48. The summed E-state index contributed by atoms with van der Waals surface area (Å²) in [7, 11) is 1.51. The standard InChI is InChI=1S/C15H13ClN6O3/c1-20-9-13(22(24)25)14(19-20)15(23)18-11-6-17-21(8-11)7-10-4-2-3-5-12(10)16/h2-6,8-9H,7H2,1H3,(H,18,23). The molecule has 2 heterocycles. The maximum atomic E-state index is 12.2. The molecule has 3 rings (SSSR count). The van der Waals surface area contributed by atoms with Crippen molar-refractivity contribution < 1.29 is 9.72 Å². The first kappa shape index (κ1) is 16.7. The number of hydrogen-bond donors (Lipinski definition) is 1. The summed E-state index contributed by atoms with van der Waals surface area (Å²) in [6.45, 7) is 0.430. The van der Waals surface area contributed by atoms with E-state index >= 15 is 0 Å². The molecule has 25 heavy (non-hydrogen) atoms. The second-order valence-electron chi connectivity index (χ2n) is 5.27. The van der Waals surface area contributed by atoms with E-state index in [1.54, 1.807) is 16.9 Å². The van der Waals surface area contributed by atoms with Crippen LogP contribution in [0.15, 0.2) is 42.9 Å². The van der Waals surface area contributed by atoms with E-state index in [4.69, 9.17) is 11.6 Å². The minimum atomic E-state index is -0.676. The number of halogens is 1. The molecule has 0 saturated carbocycles. The van der Waals surface area contributed by atoms with Gasteiger partial charge < -0.3 is 5.32 Å². The highest BCUT2D eigenvalue weighted by atomic mass is 35.5. The molecule has 0 unspecified atom stereocenters. The van der Waals surface area contributed by atoms with Crippen molar-refractivity contribution in [1.29, 1.82) is 0 Å². The molecule has 0 atom stereocenters. The second-order valence-corrected chi connectivity index (χ2v) is 5.67. The lowest BCUT2D eigenvalue weighted by atomic mass is 10.2. The van der Waals surface area contributed by atoms with E-state index in [1.165, 1.54) is 24.1 Å². The molecule has 10 heteroatoms. The van der Waals surface area contributed by atoms with Crippen molar-refractivity contribution in [2.75, 3.05) is 5.32 Å². The average molecular weight is 361 g/mol. The van der Waals surface area contributed by atoms with Crippen LogP contribution in [-0.2, 0) is 13.6 Å². The van der Waals surface area contributed by atoms with E-state index in [1.807, 2.05) is 18.2 Å². The number of carbonyl (C=O) groups excluding carboxylic acids is 1. The number of amides is 1. The number of hydrogen-bond acceptors (Lipinski definition) is 5. The molecule has 1 N–H and O–H groups in total. The third kappa shape index (κ3) is 3.66. The zero-order valence-corrected chi connectivity index (χ0v) is 13.8. The minimum Gasteiger partial charge on any atom is -0.318 e. The van der Waals surface area contributed by atoms with Gasteiger partial charge in [-0.2, -0.15) is 10.2 Å². The lowest BCUT2D eigenvalue weighted by Crippen LogP contribution is -2.14. The third-order valence-corrected chi connectivity index (χ3v) is 3.77. The number of carbonyl (C=O) groups is 1. The largest absolute Gasteiger partial charge is 0.320 e. The highest BCUT2D eigenvalue weighted by Crippen LogP contribution is 2.19. The molecule has 0 fully saturated rings. The van der Waals surface area contributed by atoms with E-state index in [9.17, 15) is 14.9 Å². The molecule has 128 valence electrons. The fourth-order valence-electron chi connectivity index (χ4n) is 2.28. The van der Waals surface area contributed by atoms with E-state index < -0.39 is 10.8 Å². The number of nitrogens with one attached hydrogen (secondary N) is 1. The fraction of sp³-hybridized carbons (Fsp3) is 0.133. The Labute approximate surface area is 147 Å². The maximum absolute atomic E-state index is 12.2. The normalized spacial score (nSPS) is 10.6. The second kappa shape index (κ2) is 6.73. The Morgan fingerprint density at radius 3 is 2.84 bits per heavy atom. The molecule has 0 aliphatic heterocycles. The Bertz CT molecular complexity index is 948. The van der Waals surface area contributed by atoms with Crippen molar-refractivity contribution in [1.82, 2.24) is 19.6 Å². The molecule has 0 aliphatic rings. The number of rotatable bonds is 5. The van der Waals surface area contributed by atoms with Gasteiger partial charge in [-0.05, 0) is 11.6 Å². The van der Waals surface area contributed by atoms with E-state index in [-0.39, 0.29) is 11.4 Å². The first-order valence-corrected chi connectivity index (χ1v) is 7.57. The fourth-order valence-corrected chi connectivity index (χ4v) is 2.47. The van der Waals surface area contributed by atoms with Gasteiger partial charge in [-0.1, -0.05) is 29.8 Å². The predicted molar refractivity (Wildman–Crippen MR) is 90.6 cm³/mol. The number of anilines is 1. The predicted octanol–water partition coefficient (Wildman–Crippen LogP) is 2.48. The number of aryl methyl sites for hydroxylation is 1. The smallest absolute Gasteiger partial charge is 0.318 e. The van der Waals surface area contributed by atoms with Crippen LogP contribution in [0.1, 0.15) is 16.1 Å². The highest BCUT2D eigenvalue weighted by molar-refractivity contribution is 6.31. The maximum Gasteiger partial charge on any atom is 0.320 e. The van der Waals surface area contributed by atoms with Crippen LogP contribution in [0.5, 0.6) is 0 Å². The lowest BCUT2D eigenvalue weighted by molar-refractivity contribution is -0.385. The van der Waals surface area contributed by atoms with Crippen molar-refractivity contribution in [3.05, 3.63) is 69.3 Å². The van der Waals surface area contributed by atoms with Gasteiger partial charge >= 0.3 is 5.69 Å². The Balaban J connectivity index is 1.74. The number of nitro groups is 1. The molecule has 3 aromatic rings. The van der Waals surface area contributed by atoms with E-state index in [0.29, 0.717) is 17.3 Å². The first-order valence-electron chi connectivity index (χ1n) is 7.19. The van der Waals surface area contributed by atoms with Gasteiger partial charge in [0.15, 0.2) is 0 Å². The molecule has 0 aliphatic carbocycles. The summed E-state index contributed by atoms with van der Waals surface area (Å²) in [4.78, 5) is 22.5. The highest BCUT2D eigenvalue weighted by Gasteiger charge is 2.25. The van der Waals surface area contributed by atoms with Gasteiger partial charge in [0, 0.05) is 18.3 Å². The van der Waals surface area contributed by atoms with Crippen molar-refractivity contribution in [2.24, 2.45) is 7.05 Å². The van der Waals surface area contributed by atoms with Crippen molar-refractivity contribution in [2.45, 2.75) is 6.54 Å². The Hall–Kier alpha value is -3.20. The van der Waals surface area contributed by atoms with Crippen molar-refractivity contribution >= 4 is 28.9 Å². The van der Waals surface area contributed by atoms with Crippen LogP contribution in [0.25, 0.3) is 0 Å². The first-order chi connectivity index (χ1) is 11.9. The molecule has 0 bridgehead atoms. The molecule has 0 spiro atoms. The monoisotopic (exact) mass is 360 g/mol. The van der Waals surface area contributed by atoms with Gasteiger partial charge in [-0.15, -0.1) is 0 Å². The zero-order valence-electron chi connectivity index (χ0n) is 13.1. The van der Waals surface area contributed by atoms with Crippen LogP contribution in [0.4, 0.5) is 11.4 Å². The van der Waals surface area contributed by atoms with Crippen LogP contribution in [0, 0.1) is 10.1 Å². The quantitative estimate of drug-likeness (QED) is 0.555. The Morgan fingerprint density at radius 1 is 1.36 bits per heavy atom. The molecule has 1 amide bonds. The van der Waals surface area contributed by atoms with Gasteiger partial charge in [0.2, 0.25) is 5.69 Å². The summed E-state index contributed by atoms with van der Waals surface area (Å²) in [6.07, 6.45) is 4.23. The molecule has 0 radical (unpaired) electrons. The molecular weight excluding hydrogens is 348 g/mol. The van der Waals surface area contributed by atoms with Gasteiger partial charge in [-0.25, -0.2) is 0 Å². The van der Waals surface area contributed by atoms with Gasteiger partial charge in [0.25, 0.3) is 5.91 Å².